The van der Waals surface area contributed by atoms with E-state index in [0.29, 0.717) is 15.6 Å². The van der Waals surface area contributed by atoms with Gasteiger partial charge in [-0.15, -0.1) is 0 Å². The fourth-order valence-electron chi connectivity index (χ4n) is 2.73. The molecule has 0 aromatic heterocycles. The highest BCUT2D eigenvalue weighted by molar-refractivity contribution is 6.44. The summed E-state index contributed by atoms with van der Waals surface area (Å²) in [7, 11) is 0. The van der Waals surface area contributed by atoms with E-state index in [2.05, 4.69) is 0 Å². The van der Waals surface area contributed by atoms with Crippen LogP contribution in [0.3, 0.4) is 0 Å². The topological polar surface area (TPSA) is 57.7 Å². The molecule has 0 spiro atoms. The third-order valence-electron chi connectivity index (χ3n) is 4.13. The molecule has 1 saturated heterocycles. The van der Waals surface area contributed by atoms with Crippen molar-refractivity contribution >= 4 is 41.0 Å². The van der Waals surface area contributed by atoms with Crippen LogP contribution in [0.5, 0.6) is 0 Å². The maximum Gasteiger partial charge on any atom is 0.335 e. The van der Waals surface area contributed by atoms with Crippen LogP contribution in [-0.2, 0) is 16.1 Å². The van der Waals surface area contributed by atoms with E-state index >= 15 is 0 Å². The summed E-state index contributed by atoms with van der Waals surface area (Å²) in [6, 6.07) is 12.7. The first-order chi connectivity index (χ1) is 11.9. The molecular weight excluding hydrogens is 363 g/mol. The zero-order valence-electron chi connectivity index (χ0n) is 13.3. The number of hydrogen-bond acceptors (Lipinski definition) is 3. The summed E-state index contributed by atoms with van der Waals surface area (Å²) in [6.07, 6.45) is 0. The number of hydrogen-bond donors (Lipinski definition) is 0. The monoisotopic (exact) mass is 376 g/mol. The number of urea groups is 1. The minimum absolute atomic E-state index is 0.153. The summed E-state index contributed by atoms with van der Waals surface area (Å²) in [5, 5.41) is 0.658. The quantitative estimate of drug-likeness (QED) is 0.597. The Labute approximate surface area is 154 Å². The van der Waals surface area contributed by atoms with Gasteiger partial charge in [0.15, 0.2) is 0 Å². The van der Waals surface area contributed by atoms with Crippen LogP contribution in [-0.4, -0.2) is 27.6 Å². The molecule has 7 heteroatoms. The van der Waals surface area contributed by atoms with Crippen LogP contribution in [0.4, 0.5) is 4.79 Å². The Morgan fingerprint density at radius 1 is 0.880 bits per heavy atom. The first-order valence-corrected chi connectivity index (χ1v) is 8.34. The second kappa shape index (κ2) is 6.86. The lowest BCUT2D eigenvalue weighted by Crippen LogP contribution is -2.35. The highest BCUT2D eigenvalue weighted by Gasteiger charge is 2.47. The van der Waals surface area contributed by atoms with Gasteiger partial charge in [-0.2, -0.15) is 0 Å². The maximum atomic E-state index is 12.7. The van der Waals surface area contributed by atoms with Crippen LogP contribution in [0.25, 0.3) is 0 Å². The van der Waals surface area contributed by atoms with E-state index in [1.54, 1.807) is 49.4 Å². The molecule has 0 aliphatic carbocycles. The second-order valence-electron chi connectivity index (χ2n) is 5.64. The molecule has 0 N–H and O–H groups in total. The molecule has 0 saturated carbocycles. The number of halogens is 2. The zero-order valence-corrected chi connectivity index (χ0v) is 14.8. The minimum Gasteiger partial charge on any atom is -0.263 e. The van der Waals surface area contributed by atoms with Crippen LogP contribution in [0.1, 0.15) is 24.1 Å². The van der Waals surface area contributed by atoms with E-state index < -0.39 is 23.9 Å². The smallest absolute Gasteiger partial charge is 0.263 e. The van der Waals surface area contributed by atoms with E-state index in [9.17, 15) is 14.4 Å². The molecule has 1 aliphatic heterocycles. The van der Waals surface area contributed by atoms with E-state index in [-0.39, 0.29) is 6.54 Å². The lowest BCUT2D eigenvalue weighted by Gasteiger charge is -2.22. The number of imide groups is 2. The largest absolute Gasteiger partial charge is 0.335 e. The fourth-order valence-corrected chi connectivity index (χ4v) is 3.24. The Bertz CT molecular complexity index is 834. The summed E-state index contributed by atoms with van der Waals surface area (Å²) in [4.78, 5) is 39.2. The molecule has 2 aromatic carbocycles. The van der Waals surface area contributed by atoms with E-state index in [1.165, 1.54) is 0 Å². The van der Waals surface area contributed by atoms with Crippen molar-refractivity contribution in [3.8, 4) is 0 Å². The molecule has 1 heterocycles. The van der Waals surface area contributed by atoms with Gasteiger partial charge in [0.1, 0.15) is 0 Å². The van der Waals surface area contributed by atoms with Gasteiger partial charge < -0.3 is 0 Å². The third kappa shape index (κ3) is 3.13. The van der Waals surface area contributed by atoms with E-state index in [0.717, 1.165) is 15.4 Å². The SMILES string of the molecule is CC(c1ccccc1)N1C(=O)C(=O)N(Cc2c(Cl)cccc2Cl)C1=O. The van der Waals surface area contributed by atoms with Gasteiger partial charge >= 0.3 is 17.8 Å². The normalized spacial score (nSPS) is 15.9. The van der Waals surface area contributed by atoms with Gasteiger partial charge in [-0.1, -0.05) is 59.6 Å². The van der Waals surface area contributed by atoms with Crippen LogP contribution < -0.4 is 0 Å². The molecule has 1 aliphatic rings. The van der Waals surface area contributed by atoms with Crippen molar-refractivity contribution in [2.24, 2.45) is 0 Å². The van der Waals surface area contributed by atoms with Crippen molar-refractivity contribution in [3.63, 3.8) is 0 Å². The van der Waals surface area contributed by atoms with Gasteiger partial charge in [-0.05, 0) is 24.6 Å². The van der Waals surface area contributed by atoms with Crippen molar-refractivity contribution in [2.75, 3.05) is 0 Å². The van der Waals surface area contributed by atoms with Crippen LogP contribution >= 0.6 is 23.2 Å². The first-order valence-electron chi connectivity index (χ1n) is 7.58. The standard InChI is InChI=1S/C18H14Cl2N2O3/c1-11(12-6-3-2-4-7-12)22-17(24)16(23)21(18(22)25)10-13-14(19)8-5-9-15(13)20/h2-9,11H,10H2,1H3. The molecule has 128 valence electrons. The third-order valence-corrected chi connectivity index (χ3v) is 4.84. The Morgan fingerprint density at radius 2 is 1.48 bits per heavy atom. The zero-order chi connectivity index (χ0) is 18.1. The number of carbonyl (C=O) groups is 3. The predicted octanol–water partition coefficient (Wildman–Crippen LogP) is 4.05. The Balaban J connectivity index is 1.90. The van der Waals surface area contributed by atoms with Crippen molar-refractivity contribution in [1.29, 1.82) is 0 Å². The average molecular weight is 377 g/mol. The van der Waals surface area contributed by atoms with Crippen molar-refractivity contribution in [3.05, 3.63) is 69.7 Å². The van der Waals surface area contributed by atoms with Crippen LogP contribution in [0.15, 0.2) is 48.5 Å². The molecule has 1 atom stereocenters. The minimum atomic E-state index is -0.885. The summed E-state index contributed by atoms with van der Waals surface area (Å²) < 4.78 is 0. The number of rotatable bonds is 4. The summed E-state index contributed by atoms with van der Waals surface area (Å²) in [5.74, 6) is -1.74. The predicted molar refractivity (Wildman–Crippen MR) is 94.1 cm³/mol. The molecule has 4 amide bonds. The Hall–Kier alpha value is -2.37. The second-order valence-corrected chi connectivity index (χ2v) is 6.45. The van der Waals surface area contributed by atoms with Gasteiger partial charge in [0.05, 0.1) is 12.6 Å². The molecule has 2 aromatic rings. The molecule has 5 nitrogen and oxygen atoms in total. The number of benzene rings is 2. The lowest BCUT2D eigenvalue weighted by atomic mass is 10.1. The van der Waals surface area contributed by atoms with E-state index in [1.807, 2.05) is 6.07 Å². The highest BCUT2D eigenvalue weighted by Crippen LogP contribution is 2.30. The van der Waals surface area contributed by atoms with Gasteiger partial charge in [-0.3, -0.25) is 14.5 Å². The molecule has 0 radical (unpaired) electrons. The maximum absolute atomic E-state index is 12.7. The Kier molecular flexibility index (Phi) is 4.79. The Morgan fingerprint density at radius 3 is 2.08 bits per heavy atom. The molecular formula is C18H14Cl2N2O3. The van der Waals surface area contributed by atoms with Crippen molar-refractivity contribution in [2.45, 2.75) is 19.5 Å². The lowest BCUT2D eigenvalue weighted by molar-refractivity contribution is -0.144. The van der Waals surface area contributed by atoms with Crippen LogP contribution in [0.2, 0.25) is 10.0 Å². The number of nitrogens with zero attached hydrogens (tertiary/aromatic N) is 2. The van der Waals surface area contributed by atoms with Gasteiger partial charge in [-0.25, -0.2) is 9.69 Å². The van der Waals surface area contributed by atoms with Crippen LogP contribution in [0, 0.1) is 0 Å². The van der Waals surface area contributed by atoms with Gasteiger partial charge in [0, 0.05) is 15.6 Å². The molecule has 1 unspecified atom stereocenters. The summed E-state index contributed by atoms with van der Waals surface area (Å²) >= 11 is 12.2. The molecule has 25 heavy (non-hydrogen) atoms. The molecule has 3 rings (SSSR count). The fraction of sp³-hybridized carbons (Fsp3) is 0.167. The summed E-state index contributed by atoms with van der Waals surface area (Å²) in [6.45, 7) is 1.55. The number of carbonyl (C=O) groups excluding carboxylic acids is 3. The molecule has 0 bridgehead atoms. The van der Waals surface area contributed by atoms with Gasteiger partial charge in [0.25, 0.3) is 0 Å². The van der Waals surface area contributed by atoms with Crippen molar-refractivity contribution in [1.82, 2.24) is 9.80 Å². The number of amides is 4. The van der Waals surface area contributed by atoms with E-state index in [4.69, 9.17) is 23.2 Å². The average Bonchev–Trinajstić information content (AvgIpc) is 2.81. The summed E-state index contributed by atoms with van der Waals surface area (Å²) in [5.41, 5.74) is 1.18. The van der Waals surface area contributed by atoms with Crippen molar-refractivity contribution < 1.29 is 14.4 Å². The first kappa shape index (κ1) is 17.5. The molecule has 1 fully saturated rings. The van der Waals surface area contributed by atoms with Gasteiger partial charge in [0.2, 0.25) is 0 Å². The highest BCUT2D eigenvalue weighted by atomic mass is 35.5.